The highest BCUT2D eigenvalue weighted by Gasteiger charge is 2.07. The van der Waals surface area contributed by atoms with Gasteiger partial charge in [-0.25, -0.2) is 4.98 Å². The highest BCUT2D eigenvalue weighted by atomic mass is 32.1. The van der Waals surface area contributed by atoms with E-state index in [9.17, 15) is 4.79 Å². The first-order valence-corrected chi connectivity index (χ1v) is 8.96. The Morgan fingerprint density at radius 3 is 2.64 bits per heavy atom. The molecule has 0 bridgehead atoms. The highest BCUT2D eigenvalue weighted by molar-refractivity contribution is 7.09. The molecule has 3 aromatic rings. The lowest BCUT2D eigenvalue weighted by Crippen LogP contribution is -2.24. The number of carbonyl (C=O) groups excluding carboxylic acids is 1. The first-order chi connectivity index (χ1) is 12.2. The van der Waals surface area contributed by atoms with Crippen molar-refractivity contribution in [1.29, 1.82) is 0 Å². The number of nitrogens with one attached hydrogen (secondary N) is 1. The molecule has 0 radical (unpaired) electrons. The van der Waals surface area contributed by atoms with E-state index in [0.29, 0.717) is 19.6 Å². The SMILES string of the molecule is CCOc1ccc(CC(=O)NCc2nc(-c3ccncc3)cs2)cc1. The van der Waals surface area contributed by atoms with Gasteiger partial charge in [0.2, 0.25) is 5.91 Å². The van der Waals surface area contributed by atoms with Crippen molar-refractivity contribution in [3.05, 3.63) is 64.7 Å². The Bertz CT molecular complexity index is 816. The van der Waals surface area contributed by atoms with Gasteiger partial charge in [-0.05, 0) is 36.8 Å². The van der Waals surface area contributed by atoms with E-state index in [-0.39, 0.29) is 5.91 Å². The molecule has 1 aromatic carbocycles. The number of carbonyl (C=O) groups is 1. The first kappa shape index (κ1) is 17.1. The minimum Gasteiger partial charge on any atom is -0.494 e. The molecule has 0 spiro atoms. The van der Waals surface area contributed by atoms with Crippen LogP contribution in [-0.4, -0.2) is 22.5 Å². The van der Waals surface area contributed by atoms with Gasteiger partial charge in [0, 0.05) is 23.3 Å². The Labute approximate surface area is 150 Å². The Kier molecular flexibility index (Phi) is 5.74. The standard InChI is InChI=1S/C19H19N3O2S/c1-2-24-16-5-3-14(4-6-16)11-18(23)21-12-19-22-17(13-25-19)15-7-9-20-10-8-15/h3-10,13H,2,11-12H2,1H3,(H,21,23). The van der Waals surface area contributed by atoms with E-state index in [1.807, 2.05) is 48.7 Å². The van der Waals surface area contributed by atoms with Crippen molar-refractivity contribution in [3.8, 4) is 17.0 Å². The maximum atomic E-state index is 12.1. The number of benzene rings is 1. The molecule has 2 heterocycles. The molecule has 6 heteroatoms. The largest absolute Gasteiger partial charge is 0.494 e. The van der Waals surface area contributed by atoms with Crippen molar-refractivity contribution in [1.82, 2.24) is 15.3 Å². The molecule has 128 valence electrons. The number of thiazole rings is 1. The monoisotopic (exact) mass is 353 g/mol. The number of pyridine rings is 1. The van der Waals surface area contributed by atoms with Crippen molar-refractivity contribution in [2.75, 3.05) is 6.61 Å². The van der Waals surface area contributed by atoms with Gasteiger partial charge in [0.1, 0.15) is 10.8 Å². The smallest absolute Gasteiger partial charge is 0.224 e. The lowest BCUT2D eigenvalue weighted by Gasteiger charge is -2.06. The molecule has 3 rings (SSSR count). The average molecular weight is 353 g/mol. The number of nitrogens with zero attached hydrogens (tertiary/aromatic N) is 2. The van der Waals surface area contributed by atoms with Crippen LogP contribution < -0.4 is 10.1 Å². The third kappa shape index (κ3) is 4.87. The number of rotatable bonds is 7. The summed E-state index contributed by atoms with van der Waals surface area (Å²) in [6.45, 7) is 3.01. The van der Waals surface area contributed by atoms with Gasteiger partial charge in [0.15, 0.2) is 0 Å². The van der Waals surface area contributed by atoms with Crippen LogP contribution in [0.2, 0.25) is 0 Å². The van der Waals surface area contributed by atoms with Crippen LogP contribution in [0, 0.1) is 0 Å². The number of ether oxygens (including phenoxy) is 1. The summed E-state index contributed by atoms with van der Waals surface area (Å²) in [6, 6.07) is 11.4. The van der Waals surface area contributed by atoms with Gasteiger partial charge in [0.25, 0.3) is 0 Å². The van der Waals surface area contributed by atoms with Crippen molar-refractivity contribution in [3.63, 3.8) is 0 Å². The van der Waals surface area contributed by atoms with Crippen LogP contribution in [0.4, 0.5) is 0 Å². The van der Waals surface area contributed by atoms with E-state index < -0.39 is 0 Å². The lowest BCUT2D eigenvalue weighted by atomic mass is 10.1. The fraction of sp³-hybridized carbons (Fsp3) is 0.211. The van der Waals surface area contributed by atoms with E-state index in [2.05, 4.69) is 15.3 Å². The molecule has 1 amide bonds. The first-order valence-electron chi connectivity index (χ1n) is 8.08. The summed E-state index contributed by atoms with van der Waals surface area (Å²) >= 11 is 1.54. The van der Waals surface area contributed by atoms with E-state index in [4.69, 9.17) is 4.74 Å². The molecule has 0 unspecified atom stereocenters. The van der Waals surface area contributed by atoms with Crippen molar-refractivity contribution >= 4 is 17.2 Å². The zero-order chi connectivity index (χ0) is 17.5. The van der Waals surface area contributed by atoms with Gasteiger partial charge in [-0.15, -0.1) is 11.3 Å². The molecular weight excluding hydrogens is 334 g/mol. The average Bonchev–Trinajstić information content (AvgIpc) is 3.12. The predicted molar refractivity (Wildman–Crippen MR) is 98.5 cm³/mol. The van der Waals surface area contributed by atoms with Gasteiger partial charge in [0.05, 0.1) is 25.3 Å². The van der Waals surface area contributed by atoms with Crippen molar-refractivity contribution in [2.24, 2.45) is 0 Å². The molecule has 0 aliphatic heterocycles. The second-order valence-electron chi connectivity index (χ2n) is 5.39. The van der Waals surface area contributed by atoms with Crippen LogP contribution in [0.1, 0.15) is 17.5 Å². The maximum Gasteiger partial charge on any atom is 0.224 e. The molecule has 1 N–H and O–H groups in total. The summed E-state index contributed by atoms with van der Waals surface area (Å²) in [5.74, 6) is 0.794. The summed E-state index contributed by atoms with van der Waals surface area (Å²) < 4.78 is 5.40. The number of hydrogen-bond donors (Lipinski definition) is 1. The third-order valence-electron chi connectivity index (χ3n) is 3.56. The summed E-state index contributed by atoms with van der Waals surface area (Å²) in [5, 5.41) is 5.79. The molecule has 0 aliphatic rings. The molecular formula is C19H19N3O2S. The van der Waals surface area contributed by atoms with Gasteiger partial charge >= 0.3 is 0 Å². The quantitative estimate of drug-likeness (QED) is 0.706. The van der Waals surface area contributed by atoms with E-state index in [0.717, 1.165) is 27.6 Å². The van der Waals surface area contributed by atoms with Crippen LogP contribution in [0.15, 0.2) is 54.2 Å². The van der Waals surface area contributed by atoms with Crippen LogP contribution >= 0.6 is 11.3 Å². The zero-order valence-electron chi connectivity index (χ0n) is 13.9. The van der Waals surface area contributed by atoms with Gasteiger partial charge < -0.3 is 10.1 Å². The van der Waals surface area contributed by atoms with Gasteiger partial charge in [-0.3, -0.25) is 9.78 Å². The highest BCUT2D eigenvalue weighted by Crippen LogP contribution is 2.21. The Balaban J connectivity index is 1.51. The second kappa shape index (κ2) is 8.39. The Hall–Kier alpha value is -2.73. The molecule has 0 aliphatic carbocycles. The van der Waals surface area contributed by atoms with Crippen LogP contribution in [0.25, 0.3) is 11.3 Å². The molecule has 2 aromatic heterocycles. The van der Waals surface area contributed by atoms with Crippen LogP contribution in [0.5, 0.6) is 5.75 Å². The fourth-order valence-electron chi connectivity index (χ4n) is 2.34. The minimum absolute atomic E-state index is 0.0233. The number of aromatic nitrogens is 2. The summed E-state index contributed by atoms with van der Waals surface area (Å²) in [5.41, 5.74) is 2.89. The predicted octanol–water partition coefficient (Wildman–Crippen LogP) is 3.46. The normalized spacial score (nSPS) is 10.4. The van der Waals surface area contributed by atoms with Gasteiger partial charge in [-0.1, -0.05) is 12.1 Å². The topological polar surface area (TPSA) is 64.1 Å². The van der Waals surface area contributed by atoms with Crippen molar-refractivity contribution < 1.29 is 9.53 Å². The zero-order valence-corrected chi connectivity index (χ0v) is 14.8. The third-order valence-corrected chi connectivity index (χ3v) is 4.41. The van der Waals surface area contributed by atoms with E-state index in [1.165, 1.54) is 11.3 Å². The molecule has 0 saturated heterocycles. The van der Waals surface area contributed by atoms with Crippen LogP contribution in [-0.2, 0) is 17.8 Å². The Morgan fingerprint density at radius 2 is 1.92 bits per heavy atom. The molecule has 0 fully saturated rings. The van der Waals surface area contributed by atoms with E-state index in [1.54, 1.807) is 12.4 Å². The van der Waals surface area contributed by atoms with E-state index >= 15 is 0 Å². The summed E-state index contributed by atoms with van der Waals surface area (Å²) in [7, 11) is 0. The maximum absolute atomic E-state index is 12.1. The molecule has 0 saturated carbocycles. The van der Waals surface area contributed by atoms with Crippen LogP contribution in [0.3, 0.4) is 0 Å². The summed E-state index contributed by atoms with van der Waals surface area (Å²) in [6.07, 6.45) is 3.83. The molecule has 5 nitrogen and oxygen atoms in total. The second-order valence-corrected chi connectivity index (χ2v) is 6.34. The Morgan fingerprint density at radius 1 is 1.16 bits per heavy atom. The van der Waals surface area contributed by atoms with Crippen molar-refractivity contribution in [2.45, 2.75) is 19.9 Å². The molecule has 25 heavy (non-hydrogen) atoms. The summed E-state index contributed by atoms with van der Waals surface area (Å²) in [4.78, 5) is 20.7. The fourth-order valence-corrected chi connectivity index (χ4v) is 3.08. The number of amides is 1. The number of hydrogen-bond acceptors (Lipinski definition) is 5. The lowest BCUT2D eigenvalue weighted by molar-refractivity contribution is -0.120. The molecule has 0 atom stereocenters. The van der Waals surface area contributed by atoms with Gasteiger partial charge in [-0.2, -0.15) is 0 Å². The minimum atomic E-state index is -0.0233.